The minimum absolute atomic E-state index is 0.340. The lowest BCUT2D eigenvalue weighted by atomic mass is 10.1. The molecule has 0 unspecified atom stereocenters. The van der Waals surface area contributed by atoms with E-state index in [1.807, 2.05) is 44.3 Å². The summed E-state index contributed by atoms with van der Waals surface area (Å²) in [5, 5.41) is 0. The van der Waals surface area contributed by atoms with Crippen LogP contribution in [0.4, 0.5) is 10.1 Å². The molecule has 122 valence electrons. The number of hydrogen-bond acceptors (Lipinski definition) is 2. The highest BCUT2D eigenvalue weighted by molar-refractivity contribution is 9.10. The molecular weight excluding hydrogens is 359 g/mol. The van der Waals surface area contributed by atoms with Crippen LogP contribution in [-0.2, 0) is 0 Å². The standard InChI is InChI=1S/C18H20BrFN2O/c1-5-22(4)11-21-17-6-13(3)18(7-12(17)2)23-16-9-14(19)8-15(20)10-16/h6-11H,5H2,1-4H3/b21-11+. The predicted molar refractivity (Wildman–Crippen MR) is 96.5 cm³/mol. The molecule has 0 aliphatic heterocycles. The summed E-state index contributed by atoms with van der Waals surface area (Å²) in [6.45, 7) is 6.90. The number of aliphatic imine (C=N–C) groups is 1. The maximum Gasteiger partial charge on any atom is 0.131 e. The second-order valence-corrected chi connectivity index (χ2v) is 6.34. The summed E-state index contributed by atoms with van der Waals surface area (Å²) < 4.78 is 19.9. The van der Waals surface area contributed by atoms with Crippen LogP contribution < -0.4 is 4.74 Å². The van der Waals surface area contributed by atoms with Gasteiger partial charge in [-0.15, -0.1) is 0 Å². The molecule has 0 aliphatic carbocycles. The van der Waals surface area contributed by atoms with E-state index in [1.165, 1.54) is 12.1 Å². The summed E-state index contributed by atoms with van der Waals surface area (Å²) in [7, 11) is 1.98. The number of ether oxygens (including phenoxy) is 1. The number of rotatable bonds is 5. The first-order valence-electron chi connectivity index (χ1n) is 7.38. The summed E-state index contributed by atoms with van der Waals surface area (Å²) in [6.07, 6.45) is 1.81. The Kier molecular flexibility index (Phi) is 5.77. The third-order valence-electron chi connectivity index (χ3n) is 3.45. The highest BCUT2D eigenvalue weighted by Crippen LogP contribution is 2.32. The molecule has 2 aromatic carbocycles. The molecule has 0 radical (unpaired) electrons. The van der Waals surface area contributed by atoms with Gasteiger partial charge in [0.15, 0.2) is 0 Å². The number of hydrogen-bond donors (Lipinski definition) is 0. The monoisotopic (exact) mass is 378 g/mol. The van der Waals surface area contributed by atoms with Gasteiger partial charge in [0.25, 0.3) is 0 Å². The minimum Gasteiger partial charge on any atom is -0.457 e. The van der Waals surface area contributed by atoms with Crippen LogP contribution in [0.2, 0.25) is 0 Å². The SMILES string of the molecule is CCN(C)/C=N/c1cc(C)c(Oc2cc(F)cc(Br)c2)cc1C. The van der Waals surface area contributed by atoms with Crippen molar-refractivity contribution in [3.05, 3.63) is 51.7 Å². The highest BCUT2D eigenvalue weighted by Gasteiger charge is 2.08. The summed E-state index contributed by atoms with van der Waals surface area (Å²) >= 11 is 3.27. The Labute approximate surface area is 144 Å². The van der Waals surface area contributed by atoms with E-state index in [1.54, 1.807) is 6.07 Å². The van der Waals surface area contributed by atoms with Crippen molar-refractivity contribution in [2.75, 3.05) is 13.6 Å². The maximum atomic E-state index is 13.5. The number of benzene rings is 2. The van der Waals surface area contributed by atoms with Gasteiger partial charge in [-0.3, -0.25) is 0 Å². The first kappa shape index (κ1) is 17.5. The van der Waals surface area contributed by atoms with E-state index in [4.69, 9.17) is 4.74 Å². The largest absolute Gasteiger partial charge is 0.457 e. The second kappa shape index (κ2) is 7.59. The lowest BCUT2D eigenvalue weighted by Crippen LogP contribution is -2.14. The van der Waals surface area contributed by atoms with E-state index >= 15 is 0 Å². The molecule has 0 spiro atoms. The molecular formula is C18H20BrFN2O. The topological polar surface area (TPSA) is 24.8 Å². The normalized spacial score (nSPS) is 11.0. The van der Waals surface area contributed by atoms with E-state index in [9.17, 15) is 4.39 Å². The molecule has 0 N–H and O–H groups in total. The van der Waals surface area contributed by atoms with Crippen molar-refractivity contribution in [1.82, 2.24) is 4.90 Å². The highest BCUT2D eigenvalue weighted by atomic mass is 79.9. The number of halogens is 2. The first-order chi connectivity index (χ1) is 10.9. The molecule has 0 heterocycles. The maximum absolute atomic E-state index is 13.5. The van der Waals surface area contributed by atoms with Crippen molar-refractivity contribution in [3.63, 3.8) is 0 Å². The van der Waals surface area contributed by atoms with E-state index in [0.29, 0.717) is 16.0 Å². The van der Waals surface area contributed by atoms with Gasteiger partial charge in [0.05, 0.1) is 12.0 Å². The lowest BCUT2D eigenvalue weighted by molar-refractivity contribution is 0.472. The van der Waals surface area contributed by atoms with Crippen LogP contribution in [-0.4, -0.2) is 24.8 Å². The molecule has 0 saturated heterocycles. The fraction of sp³-hybridized carbons (Fsp3) is 0.278. The van der Waals surface area contributed by atoms with Crippen LogP contribution in [0, 0.1) is 19.7 Å². The predicted octanol–water partition coefficient (Wildman–Crippen LogP) is 5.61. The van der Waals surface area contributed by atoms with Gasteiger partial charge < -0.3 is 9.64 Å². The average molecular weight is 379 g/mol. The lowest BCUT2D eigenvalue weighted by Gasteiger charge is -2.13. The van der Waals surface area contributed by atoms with Crippen LogP contribution in [0.1, 0.15) is 18.1 Å². The zero-order valence-corrected chi connectivity index (χ0v) is 15.3. The molecule has 3 nitrogen and oxygen atoms in total. The third kappa shape index (κ3) is 4.79. The van der Waals surface area contributed by atoms with Crippen LogP contribution in [0.15, 0.2) is 39.8 Å². The third-order valence-corrected chi connectivity index (χ3v) is 3.91. The second-order valence-electron chi connectivity index (χ2n) is 5.43. The molecule has 0 aromatic heterocycles. The van der Waals surface area contributed by atoms with Gasteiger partial charge in [-0.1, -0.05) is 15.9 Å². The molecule has 23 heavy (non-hydrogen) atoms. The summed E-state index contributed by atoms with van der Waals surface area (Å²) in [6, 6.07) is 8.39. The smallest absolute Gasteiger partial charge is 0.131 e. The van der Waals surface area contributed by atoms with Crippen molar-refractivity contribution < 1.29 is 9.13 Å². The van der Waals surface area contributed by atoms with Crippen molar-refractivity contribution in [1.29, 1.82) is 0 Å². The van der Waals surface area contributed by atoms with Crippen molar-refractivity contribution >= 4 is 28.0 Å². The van der Waals surface area contributed by atoms with Crippen LogP contribution >= 0.6 is 15.9 Å². The molecule has 0 atom stereocenters. The molecule has 5 heteroatoms. The van der Waals surface area contributed by atoms with Crippen molar-refractivity contribution in [3.8, 4) is 11.5 Å². The summed E-state index contributed by atoms with van der Waals surface area (Å²) in [5.74, 6) is 0.816. The van der Waals surface area contributed by atoms with Gasteiger partial charge >= 0.3 is 0 Å². The Morgan fingerprint density at radius 3 is 2.57 bits per heavy atom. The minimum atomic E-state index is -0.340. The van der Waals surface area contributed by atoms with Crippen LogP contribution in [0.3, 0.4) is 0 Å². The van der Waals surface area contributed by atoms with E-state index in [0.717, 1.165) is 23.4 Å². The molecule has 0 amide bonds. The van der Waals surface area contributed by atoms with E-state index in [-0.39, 0.29) is 5.82 Å². The van der Waals surface area contributed by atoms with Gasteiger partial charge in [-0.25, -0.2) is 9.38 Å². The Morgan fingerprint density at radius 1 is 1.17 bits per heavy atom. The molecule has 0 bridgehead atoms. The van der Waals surface area contributed by atoms with Crippen LogP contribution in [0.5, 0.6) is 11.5 Å². The Morgan fingerprint density at radius 2 is 1.91 bits per heavy atom. The van der Waals surface area contributed by atoms with Crippen molar-refractivity contribution in [2.45, 2.75) is 20.8 Å². The molecule has 2 aromatic rings. The zero-order valence-electron chi connectivity index (χ0n) is 13.7. The Balaban J connectivity index is 2.27. The number of nitrogens with zero attached hydrogens (tertiary/aromatic N) is 2. The first-order valence-corrected chi connectivity index (χ1v) is 8.18. The quantitative estimate of drug-likeness (QED) is 0.498. The van der Waals surface area contributed by atoms with Crippen molar-refractivity contribution in [2.24, 2.45) is 4.99 Å². The van der Waals surface area contributed by atoms with Gasteiger partial charge in [0.2, 0.25) is 0 Å². The fourth-order valence-corrected chi connectivity index (χ4v) is 2.42. The Hall–Kier alpha value is -1.88. The van der Waals surface area contributed by atoms with E-state index < -0.39 is 0 Å². The molecule has 0 saturated carbocycles. The number of aryl methyl sites for hydroxylation is 2. The summed E-state index contributed by atoms with van der Waals surface area (Å²) in [4.78, 5) is 6.50. The van der Waals surface area contributed by atoms with E-state index in [2.05, 4.69) is 27.8 Å². The fourth-order valence-electron chi connectivity index (χ4n) is 1.98. The van der Waals surface area contributed by atoms with Gasteiger partial charge in [0, 0.05) is 24.1 Å². The zero-order chi connectivity index (χ0) is 17.0. The summed E-state index contributed by atoms with van der Waals surface area (Å²) in [5.41, 5.74) is 2.85. The molecule has 0 fully saturated rings. The molecule has 0 aliphatic rings. The molecule has 2 rings (SSSR count). The van der Waals surface area contributed by atoms with Gasteiger partial charge in [0.1, 0.15) is 17.3 Å². The van der Waals surface area contributed by atoms with Crippen LogP contribution in [0.25, 0.3) is 0 Å². The van der Waals surface area contributed by atoms with Gasteiger partial charge in [-0.05, 0) is 56.2 Å². The Bertz CT molecular complexity index is 711. The average Bonchev–Trinajstić information content (AvgIpc) is 2.47. The van der Waals surface area contributed by atoms with Gasteiger partial charge in [-0.2, -0.15) is 0 Å².